The Morgan fingerprint density at radius 3 is 2.36 bits per heavy atom. The lowest BCUT2D eigenvalue weighted by atomic mass is 10.1. The van der Waals surface area contributed by atoms with Crippen molar-refractivity contribution in [2.24, 2.45) is 0 Å². The number of aromatic carboxylic acids is 1. The molecule has 0 aliphatic heterocycles. The van der Waals surface area contributed by atoms with E-state index in [1.165, 1.54) is 5.56 Å². The van der Waals surface area contributed by atoms with Gasteiger partial charge in [-0.05, 0) is 54.8 Å². The number of ether oxygens (including phenoxy) is 1. The molecule has 0 saturated carbocycles. The molecular formula is C21H23NO3. The van der Waals surface area contributed by atoms with E-state index in [-0.39, 0.29) is 0 Å². The Bertz CT molecular complexity index is 724. The first-order chi connectivity index (χ1) is 12.2. The molecule has 0 amide bonds. The third-order valence-electron chi connectivity index (χ3n) is 3.76. The highest BCUT2D eigenvalue weighted by atomic mass is 16.5. The van der Waals surface area contributed by atoms with Crippen molar-refractivity contribution in [2.45, 2.75) is 25.7 Å². The SMILES string of the molecule is COc1ccc(CCC#CCCCNc2ccc(C(=O)O)cc2)cc1. The Labute approximate surface area is 148 Å². The molecule has 4 nitrogen and oxygen atoms in total. The molecule has 0 radical (unpaired) electrons. The summed E-state index contributed by atoms with van der Waals surface area (Å²) in [5, 5.41) is 12.1. The summed E-state index contributed by atoms with van der Waals surface area (Å²) in [7, 11) is 1.67. The smallest absolute Gasteiger partial charge is 0.335 e. The molecule has 0 heterocycles. The molecule has 2 aromatic carbocycles. The monoisotopic (exact) mass is 337 g/mol. The van der Waals surface area contributed by atoms with Crippen molar-refractivity contribution in [1.82, 2.24) is 0 Å². The van der Waals surface area contributed by atoms with Gasteiger partial charge >= 0.3 is 5.97 Å². The minimum absolute atomic E-state index is 0.299. The highest BCUT2D eigenvalue weighted by Crippen LogP contribution is 2.12. The van der Waals surface area contributed by atoms with Gasteiger partial charge in [0.15, 0.2) is 0 Å². The normalized spacial score (nSPS) is 9.80. The van der Waals surface area contributed by atoms with Crippen LogP contribution in [0, 0.1) is 11.8 Å². The molecule has 4 heteroatoms. The van der Waals surface area contributed by atoms with Crippen LogP contribution in [-0.4, -0.2) is 24.7 Å². The minimum atomic E-state index is -0.906. The van der Waals surface area contributed by atoms with Crippen LogP contribution in [0.5, 0.6) is 5.75 Å². The number of hydrogen-bond donors (Lipinski definition) is 2. The lowest BCUT2D eigenvalue weighted by Crippen LogP contribution is -2.02. The van der Waals surface area contributed by atoms with Gasteiger partial charge in [0.05, 0.1) is 12.7 Å². The molecule has 25 heavy (non-hydrogen) atoms. The number of anilines is 1. The van der Waals surface area contributed by atoms with Crippen LogP contribution in [0.3, 0.4) is 0 Å². The second kappa shape index (κ2) is 10.0. The first-order valence-electron chi connectivity index (χ1n) is 8.35. The number of carboxylic acids is 1. The van der Waals surface area contributed by atoms with Crippen LogP contribution < -0.4 is 10.1 Å². The Hall–Kier alpha value is -2.93. The predicted octanol–water partition coefficient (Wildman–Crippen LogP) is 4.22. The van der Waals surface area contributed by atoms with Crippen LogP contribution in [0.1, 0.15) is 35.2 Å². The summed E-state index contributed by atoms with van der Waals surface area (Å²) >= 11 is 0. The number of hydrogen-bond acceptors (Lipinski definition) is 3. The van der Waals surface area contributed by atoms with E-state index in [4.69, 9.17) is 9.84 Å². The maximum atomic E-state index is 10.8. The molecule has 0 bridgehead atoms. The molecule has 0 saturated heterocycles. The standard InChI is InChI=1S/C21H23NO3/c1-25-20-14-8-17(9-15-20)7-5-3-2-4-6-16-22-19-12-10-18(11-13-19)21(23)24/h8-15,22H,4-7,16H2,1H3,(H,23,24). The van der Waals surface area contributed by atoms with E-state index in [0.29, 0.717) is 5.56 Å². The van der Waals surface area contributed by atoms with Crippen LogP contribution >= 0.6 is 0 Å². The molecule has 0 unspecified atom stereocenters. The average molecular weight is 337 g/mol. The number of methoxy groups -OCH3 is 1. The number of carbonyl (C=O) groups is 1. The molecule has 0 fully saturated rings. The molecule has 2 N–H and O–H groups in total. The highest BCUT2D eigenvalue weighted by Gasteiger charge is 2.00. The fourth-order valence-electron chi connectivity index (χ4n) is 2.32. The summed E-state index contributed by atoms with van der Waals surface area (Å²) < 4.78 is 5.14. The van der Waals surface area contributed by atoms with E-state index in [1.54, 1.807) is 31.4 Å². The fraction of sp³-hybridized carbons (Fsp3) is 0.286. The third kappa shape index (κ3) is 6.60. The fourth-order valence-corrected chi connectivity index (χ4v) is 2.32. The van der Waals surface area contributed by atoms with Gasteiger partial charge in [0, 0.05) is 25.1 Å². The van der Waals surface area contributed by atoms with E-state index in [9.17, 15) is 4.79 Å². The molecular weight excluding hydrogens is 314 g/mol. The summed E-state index contributed by atoms with van der Waals surface area (Å²) in [4.78, 5) is 10.8. The molecule has 2 rings (SSSR count). The maximum Gasteiger partial charge on any atom is 0.335 e. The molecule has 130 valence electrons. The molecule has 0 atom stereocenters. The Morgan fingerprint density at radius 2 is 1.72 bits per heavy atom. The van der Waals surface area contributed by atoms with Crippen LogP contribution in [-0.2, 0) is 6.42 Å². The molecule has 2 aromatic rings. The molecule has 0 aliphatic rings. The molecule has 0 spiro atoms. The van der Waals surface area contributed by atoms with Crippen LogP contribution in [0.2, 0.25) is 0 Å². The Balaban J connectivity index is 1.59. The van der Waals surface area contributed by atoms with Gasteiger partial charge in [0.25, 0.3) is 0 Å². The van der Waals surface area contributed by atoms with Gasteiger partial charge in [-0.3, -0.25) is 0 Å². The zero-order valence-corrected chi connectivity index (χ0v) is 14.4. The highest BCUT2D eigenvalue weighted by molar-refractivity contribution is 5.87. The zero-order chi connectivity index (χ0) is 17.9. The first kappa shape index (κ1) is 18.4. The van der Waals surface area contributed by atoms with Crippen molar-refractivity contribution in [3.63, 3.8) is 0 Å². The number of benzene rings is 2. The summed E-state index contributed by atoms with van der Waals surface area (Å²) in [6.45, 7) is 0.819. The van der Waals surface area contributed by atoms with Gasteiger partial charge < -0.3 is 15.2 Å². The van der Waals surface area contributed by atoms with E-state index >= 15 is 0 Å². The van der Waals surface area contributed by atoms with Crippen molar-refractivity contribution in [3.05, 3.63) is 59.7 Å². The lowest BCUT2D eigenvalue weighted by Gasteiger charge is -2.05. The number of nitrogens with one attached hydrogen (secondary N) is 1. The first-order valence-corrected chi connectivity index (χ1v) is 8.35. The van der Waals surface area contributed by atoms with Crippen molar-refractivity contribution >= 4 is 11.7 Å². The summed E-state index contributed by atoms with van der Waals surface area (Å²) in [5.41, 5.74) is 2.49. The van der Waals surface area contributed by atoms with Crippen molar-refractivity contribution in [1.29, 1.82) is 0 Å². The quantitative estimate of drug-likeness (QED) is 0.559. The number of carboxylic acid groups (broad SMARTS) is 1. The van der Waals surface area contributed by atoms with Crippen LogP contribution in [0.25, 0.3) is 0 Å². The van der Waals surface area contributed by atoms with Crippen molar-refractivity contribution in [3.8, 4) is 17.6 Å². The Kier molecular flexibility index (Phi) is 7.40. The van der Waals surface area contributed by atoms with E-state index < -0.39 is 5.97 Å². The van der Waals surface area contributed by atoms with Crippen LogP contribution in [0.15, 0.2) is 48.5 Å². The number of unbranched alkanes of at least 4 members (excludes halogenated alkanes) is 1. The predicted molar refractivity (Wildman–Crippen MR) is 100 cm³/mol. The largest absolute Gasteiger partial charge is 0.497 e. The van der Waals surface area contributed by atoms with Gasteiger partial charge in [-0.1, -0.05) is 12.1 Å². The van der Waals surface area contributed by atoms with E-state index in [0.717, 1.165) is 43.7 Å². The summed E-state index contributed by atoms with van der Waals surface area (Å²) in [5.74, 6) is 6.37. The van der Waals surface area contributed by atoms with Crippen LogP contribution in [0.4, 0.5) is 5.69 Å². The lowest BCUT2D eigenvalue weighted by molar-refractivity contribution is 0.0697. The second-order valence-corrected chi connectivity index (χ2v) is 5.61. The maximum absolute atomic E-state index is 10.8. The van der Waals surface area contributed by atoms with Gasteiger partial charge in [-0.15, -0.1) is 11.8 Å². The number of rotatable bonds is 8. The number of aryl methyl sites for hydroxylation is 1. The summed E-state index contributed by atoms with van der Waals surface area (Å²) in [6.07, 6.45) is 3.61. The van der Waals surface area contributed by atoms with E-state index in [1.807, 2.05) is 12.1 Å². The summed E-state index contributed by atoms with van der Waals surface area (Å²) in [6, 6.07) is 14.8. The van der Waals surface area contributed by atoms with E-state index in [2.05, 4.69) is 29.3 Å². The third-order valence-corrected chi connectivity index (χ3v) is 3.76. The van der Waals surface area contributed by atoms with Gasteiger partial charge in [0.2, 0.25) is 0 Å². The van der Waals surface area contributed by atoms with Gasteiger partial charge in [-0.2, -0.15) is 0 Å². The van der Waals surface area contributed by atoms with Crippen molar-refractivity contribution in [2.75, 3.05) is 19.0 Å². The van der Waals surface area contributed by atoms with Crippen molar-refractivity contribution < 1.29 is 14.6 Å². The Morgan fingerprint density at radius 1 is 1.04 bits per heavy atom. The average Bonchev–Trinajstić information content (AvgIpc) is 2.64. The minimum Gasteiger partial charge on any atom is -0.497 e. The second-order valence-electron chi connectivity index (χ2n) is 5.61. The topological polar surface area (TPSA) is 58.6 Å². The zero-order valence-electron chi connectivity index (χ0n) is 14.4. The molecule has 0 aliphatic carbocycles. The van der Waals surface area contributed by atoms with Gasteiger partial charge in [0.1, 0.15) is 5.75 Å². The molecule has 0 aromatic heterocycles. The van der Waals surface area contributed by atoms with Gasteiger partial charge in [-0.25, -0.2) is 4.79 Å².